The summed E-state index contributed by atoms with van der Waals surface area (Å²) < 4.78 is 24.7. The topological polar surface area (TPSA) is 65.6 Å². The van der Waals surface area contributed by atoms with Crippen molar-refractivity contribution in [3.8, 4) is 0 Å². The molecule has 0 bridgehead atoms. The summed E-state index contributed by atoms with van der Waals surface area (Å²) >= 11 is 0. The van der Waals surface area contributed by atoms with E-state index in [-0.39, 0.29) is 17.3 Å². The minimum Gasteiger partial charge on any atom is -0.412 e. The van der Waals surface area contributed by atoms with E-state index in [2.05, 4.69) is 0 Å². The van der Waals surface area contributed by atoms with Crippen LogP contribution >= 0.6 is 0 Å². The van der Waals surface area contributed by atoms with Gasteiger partial charge in [0.2, 0.25) is 5.78 Å². The summed E-state index contributed by atoms with van der Waals surface area (Å²) in [7, 11) is 0. The Hall–Kier alpha value is -1.62. The van der Waals surface area contributed by atoms with Gasteiger partial charge in [-0.05, 0) is 18.2 Å². The number of Topliss-reactive ketones (excluding diaryl/α,β-unsaturated/α-hetero) is 1. The van der Waals surface area contributed by atoms with E-state index in [0.29, 0.717) is 6.07 Å². The molecule has 0 aliphatic carbocycles. The molecule has 0 aliphatic rings. The first-order valence-electron chi connectivity index (χ1n) is 3.09. The van der Waals surface area contributed by atoms with E-state index in [1.54, 1.807) is 0 Å². The van der Waals surface area contributed by atoms with Gasteiger partial charge in [-0.1, -0.05) is 0 Å². The number of benzene rings is 1. The minimum absolute atomic E-state index is 0. The quantitative estimate of drug-likeness (QED) is 0.385. The van der Waals surface area contributed by atoms with Gasteiger partial charge in [0.1, 0.15) is 0 Å². The Bertz CT molecular complexity index is 336. The van der Waals surface area contributed by atoms with Crippen molar-refractivity contribution in [3.63, 3.8) is 0 Å². The molecule has 3 nitrogen and oxygen atoms in total. The molecule has 0 fully saturated rings. The van der Waals surface area contributed by atoms with Crippen molar-refractivity contribution in [2.45, 2.75) is 0 Å². The van der Waals surface area contributed by atoms with Crippen molar-refractivity contribution in [3.05, 3.63) is 35.4 Å². The molecule has 0 atom stereocenters. The molecule has 70 valence electrons. The molecule has 0 spiro atoms. The fraction of sp³-hybridized carbons (Fsp3) is 0. The molecule has 2 N–H and O–H groups in total. The standard InChI is InChI=1S/C8H4F2O2.H2O/c9-6-2-1-5(3-7(6)10)8(12)4-11;/h1-4H;1H2. The first kappa shape index (κ1) is 11.4. The molecule has 0 unspecified atom stereocenters. The Balaban J connectivity index is 0.00000144. The molecule has 0 heterocycles. The van der Waals surface area contributed by atoms with Crippen molar-refractivity contribution in [2.75, 3.05) is 0 Å². The lowest BCUT2D eigenvalue weighted by Crippen LogP contribution is -2.00. The van der Waals surface area contributed by atoms with Gasteiger partial charge in [0.15, 0.2) is 17.9 Å². The van der Waals surface area contributed by atoms with Crippen LogP contribution in [0.15, 0.2) is 18.2 Å². The highest BCUT2D eigenvalue weighted by Gasteiger charge is 2.07. The first-order valence-corrected chi connectivity index (χ1v) is 3.09. The minimum atomic E-state index is -1.14. The smallest absolute Gasteiger partial charge is 0.225 e. The molecule has 0 saturated heterocycles. The zero-order chi connectivity index (χ0) is 9.14. The van der Waals surface area contributed by atoms with Gasteiger partial charge >= 0.3 is 0 Å². The monoisotopic (exact) mass is 188 g/mol. The molecule has 1 aromatic rings. The van der Waals surface area contributed by atoms with Gasteiger partial charge in [0.25, 0.3) is 0 Å². The molecule has 0 radical (unpaired) electrons. The summed E-state index contributed by atoms with van der Waals surface area (Å²) in [5.41, 5.74) is -0.149. The van der Waals surface area contributed by atoms with Crippen LogP contribution in [0.2, 0.25) is 0 Å². The fourth-order valence-electron chi connectivity index (χ4n) is 0.717. The van der Waals surface area contributed by atoms with E-state index < -0.39 is 17.4 Å². The predicted octanol–water partition coefficient (Wildman–Crippen LogP) is 0.522. The highest BCUT2D eigenvalue weighted by Crippen LogP contribution is 2.08. The molecule has 0 aliphatic heterocycles. The largest absolute Gasteiger partial charge is 0.412 e. The van der Waals surface area contributed by atoms with Crippen LogP contribution in [-0.2, 0) is 4.79 Å². The number of ketones is 1. The number of carbonyl (C=O) groups is 2. The zero-order valence-corrected chi connectivity index (χ0v) is 6.38. The molecule has 1 aromatic carbocycles. The second kappa shape index (κ2) is 4.42. The van der Waals surface area contributed by atoms with E-state index in [0.717, 1.165) is 12.1 Å². The average molecular weight is 188 g/mol. The van der Waals surface area contributed by atoms with Gasteiger partial charge in [0, 0.05) is 5.56 Å². The highest BCUT2D eigenvalue weighted by atomic mass is 19.2. The molecular formula is C8H6F2O3. The van der Waals surface area contributed by atoms with Crippen LogP contribution < -0.4 is 0 Å². The van der Waals surface area contributed by atoms with Crippen molar-refractivity contribution in [1.82, 2.24) is 0 Å². The fourth-order valence-corrected chi connectivity index (χ4v) is 0.717. The van der Waals surface area contributed by atoms with Crippen LogP contribution in [0.1, 0.15) is 10.4 Å². The molecule has 0 aromatic heterocycles. The van der Waals surface area contributed by atoms with Crippen LogP contribution in [0.25, 0.3) is 0 Å². The maximum atomic E-state index is 12.4. The SMILES string of the molecule is O.O=CC(=O)c1ccc(F)c(F)c1. The maximum absolute atomic E-state index is 12.4. The van der Waals surface area contributed by atoms with Crippen LogP contribution in [0.5, 0.6) is 0 Å². The van der Waals surface area contributed by atoms with E-state index in [4.69, 9.17) is 0 Å². The number of carbonyl (C=O) groups excluding carboxylic acids is 2. The Morgan fingerprint density at radius 1 is 1.23 bits per heavy atom. The number of aldehydes is 1. The zero-order valence-electron chi connectivity index (χ0n) is 6.38. The first-order chi connectivity index (χ1) is 5.65. The van der Waals surface area contributed by atoms with Crippen molar-refractivity contribution < 1.29 is 23.8 Å². The van der Waals surface area contributed by atoms with E-state index in [1.165, 1.54) is 0 Å². The van der Waals surface area contributed by atoms with Crippen LogP contribution in [0.4, 0.5) is 8.78 Å². The predicted molar refractivity (Wildman–Crippen MR) is 40.4 cm³/mol. The number of hydrogen-bond acceptors (Lipinski definition) is 2. The summed E-state index contributed by atoms with van der Waals surface area (Å²) in [4.78, 5) is 20.6. The molecule has 1 rings (SSSR count). The van der Waals surface area contributed by atoms with E-state index in [9.17, 15) is 18.4 Å². The van der Waals surface area contributed by atoms with Gasteiger partial charge in [-0.2, -0.15) is 0 Å². The van der Waals surface area contributed by atoms with E-state index >= 15 is 0 Å². The van der Waals surface area contributed by atoms with Crippen molar-refractivity contribution in [2.24, 2.45) is 0 Å². The van der Waals surface area contributed by atoms with Crippen molar-refractivity contribution in [1.29, 1.82) is 0 Å². The summed E-state index contributed by atoms with van der Waals surface area (Å²) in [5, 5.41) is 0. The summed E-state index contributed by atoms with van der Waals surface area (Å²) in [6, 6.07) is 2.54. The van der Waals surface area contributed by atoms with Gasteiger partial charge < -0.3 is 5.48 Å². The summed E-state index contributed by atoms with van der Waals surface area (Å²) in [6.07, 6.45) is 0.0483. The third-order valence-electron chi connectivity index (χ3n) is 1.31. The normalized spacial score (nSPS) is 8.77. The van der Waals surface area contributed by atoms with Crippen molar-refractivity contribution >= 4 is 12.1 Å². The van der Waals surface area contributed by atoms with Crippen LogP contribution in [0.3, 0.4) is 0 Å². The van der Waals surface area contributed by atoms with E-state index in [1.807, 2.05) is 0 Å². The Labute approximate surface area is 72.3 Å². The molecule has 5 heteroatoms. The molecule has 0 amide bonds. The lowest BCUT2D eigenvalue weighted by atomic mass is 10.1. The summed E-state index contributed by atoms with van der Waals surface area (Å²) in [6.45, 7) is 0. The number of hydrogen-bond donors (Lipinski definition) is 0. The van der Waals surface area contributed by atoms with Crippen LogP contribution in [-0.4, -0.2) is 17.5 Å². The molecule has 13 heavy (non-hydrogen) atoms. The molecular weight excluding hydrogens is 182 g/mol. The lowest BCUT2D eigenvalue weighted by molar-refractivity contribution is -0.104. The third kappa shape index (κ3) is 2.41. The summed E-state index contributed by atoms with van der Waals surface area (Å²) in [5.74, 6) is -3.05. The molecule has 0 saturated carbocycles. The highest BCUT2D eigenvalue weighted by molar-refractivity contribution is 6.33. The van der Waals surface area contributed by atoms with Crippen LogP contribution in [0, 0.1) is 11.6 Å². The second-order valence-electron chi connectivity index (χ2n) is 2.11. The lowest BCUT2D eigenvalue weighted by Gasteiger charge is -1.94. The maximum Gasteiger partial charge on any atom is 0.225 e. The third-order valence-corrected chi connectivity index (χ3v) is 1.31. The Morgan fingerprint density at radius 3 is 2.31 bits per heavy atom. The van der Waals surface area contributed by atoms with Gasteiger partial charge in [0.05, 0.1) is 0 Å². The Morgan fingerprint density at radius 2 is 1.85 bits per heavy atom. The van der Waals surface area contributed by atoms with Gasteiger partial charge in [-0.3, -0.25) is 9.59 Å². The number of rotatable bonds is 2. The second-order valence-corrected chi connectivity index (χ2v) is 2.11. The Kier molecular flexibility index (Phi) is 3.87. The van der Waals surface area contributed by atoms with Gasteiger partial charge in [-0.15, -0.1) is 0 Å². The average Bonchev–Trinajstić information content (AvgIpc) is 2.08. The number of halogens is 2. The van der Waals surface area contributed by atoms with Gasteiger partial charge in [-0.25, -0.2) is 8.78 Å².